The third-order valence-corrected chi connectivity index (χ3v) is 4.55. The first-order chi connectivity index (χ1) is 13.3. The zero-order valence-electron chi connectivity index (χ0n) is 14.8. The zero-order valence-corrected chi connectivity index (χ0v) is 14.8. The molecule has 0 aliphatic carbocycles. The van der Waals surface area contributed by atoms with Crippen LogP contribution in [0.25, 0.3) is 11.5 Å². The van der Waals surface area contributed by atoms with Crippen LogP contribution in [0.5, 0.6) is 0 Å². The van der Waals surface area contributed by atoms with Gasteiger partial charge in [0.25, 0.3) is 0 Å². The van der Waals surface area contributed by atoms with Gasteiger partial charge in [0.05, 0.1) is 6.20 Å². The number of aromatic nitrogens is 4. The van der Waals surface area contributed by atoms with Crippen molar-refractivity contribution in [3.05, 3.63) is 54.8 Å². The van der Waals surface area contributed by atoms with Gasteiger partial charge in [0.1, 0.15) is 5.69 Å². The molecule has 4 rings (SSSR count). The fraction of sp³-hybridized carbons (Fsp3) is 0.316. The molecular weight excluding hydrogens is 344 g/mol. The van der Waals surface area contributed by atoms with Gasteiger partial charge in [0, 0.05) is 37.6 Å². The third-order valence-electron chi connectivity index (χ3n) is 4.55. The van der Waals surface area contributed by atoms with Crippen LogP contribution in [0.2, 0.25) is 0 Å². The molecule has 0 saturated carbocycles. The number of hydrogen-bond acceptors (Lipinski definition) is 6. The van der Waals surface area contributed by atoms with E-state index in [1.54, 1.807) is 18.6 Å². The number of piperidine rings is 1. The van der Waals surface area contributed by atoms with E-state index in [4.69, 9.17) is 4.52 Å². The van der Waals surface area contributed by atoms with Gasteiger partial charge in [-0.2, -0.15) is 4.98 Å². The molecule has 1 aromatic carbocycles. The van der Waals surface area contributed by atoms with Crippen LogP contribution in [0.1, 0.15) is 18.7 Å². The molecule has 1 fully saturated rings. The van der Waals surface area contributed by atoms with Crippen molar-refractivity contribution < 1.29 is 9.32 Å². The maximum Gasteiger partial charge on any atom is 0.321 e. The molecule has 3 heterocycles. The lowest BCUT2D eigenvalue weighted by Crippen LogP contribution is -2.42. The number of benzene rings is 1. The number of carbonyl (C=O) groups excluding carboxylic acids is 1. The zero-order chi connectivity index (χ0) is 18.5. The molecule has 1 aliphatic rings. The Morgan fingerprint density at radius 1 is 1.26 bits per heavy atom. The Morgan fingerprint density at radius 2 is 2.15 bits per heavy atom. The molecular formula is C19H20N6O2. The van der Waals surface area contributed by atoms with Gasteiger partial charge in [-0.25, -0.2) is 9.78 Å². The molecule has 1 aliphatic heterocycles. The smallest absolute Gasteiger partial charge is 0.321 e. The summed E-state index contributed by atoms with van der Waals surface area (Å²) in [6.45, 7) is 1.42. The number of urea groups is 1. The van der Waals surface area contributed by atoms with Crippen molar-refractivity contribution in [2.24, 2.45) is 5.92 Å². The van der Waals surface area contributed by atoms with Gasteiger partial charge in [-0.3, -0.25) is 4.98 Å². The highest BCUT2D eigenvalue weighted by Crippen LogP contribution is 2.22. The SMILES string of the molecule is O=C(Nc1ccccc1)N1CCCC(Cc2nc(-c3cnccn3)no2)C1. The molecule has 1 N–H and O–H groups in total. The van der Waals surface area contributed by atoms with Crippen molar-refractivity contribution in [3.63, 3.8) is 0 Å². The Kier molecular flexibility index (Phi) is 5.04. The molecule has 8 nitrogen and oxygen atoms in total. The number of nitrogens with zero attached hydrogens (tertiary/aromatic N) is 5. The first kappa shape index (κ1) is 17.1. The highest BCUT2D eigenvalue weighted by Gasteiger charge is 2.25. The summed E-state index contributed by atoms with van der Waals surface area (Å²) in [6, 6.07) is 9.42. The predicted molar refractivity (Wildman–Crippen MR) is 98.8 cm³/mol. The van der Waals surface area contributed by atoms with Crippen molar-refractivity contribution in [2.45, 2.75) is 19.3 Å². The van der Waals surface area contributed by atoms with E-state index in [1.165, 1.54) is 0 Å². The summed E-state index contributed by atoms with van der Waals surface area (Å²) < 4.78 is 5.37. The Balaban J connectivity index is 1.36. The Morgan fingerprint density at radius 3 is 2.96 bits per heavy atom. The lowest BCUT2D eigenvalue weighted by atomic mass is 9.95. The Labute approximate surface area is 156 Å². The van der Waals surface area contributed by atoms with Gasteiger partial charge < -0.3 is 14.7 Å². The number of nitrogens with one attached hydrogen (secondary N) is 1. The van der Waals surface area contributed by atoms with Crippen molar-refractivity contribution in [1.82, 2.24) is 25.0 Å². The molecule has 2 amide bonds. The second kappa shape index (κ2) is 7.94. The number of amides is 2. The summed E-state index contributed by atoms with van der Waals surface area (Å²) >= 11 is 0. The first-order valence-corrected chi connectivity index (χ1v) is 8.98. The summed E-state index contributed by atoms with van der Waals surface area (Å²) in [5, 5.41) is 6.92. The minimum Gasteiger partial charge on any atom is -0.339 e. The number of carbonyl (C=O) groups is 1. The molecule has 2 aromatic heterocycles. The molecule has 3 aromatic rings. The van der Waals surface area contributed by atoms with Crippen LogP contribution >= 0.6 is 0 Å². The molecule has 0 spiro atoms. The van der Waals surface area contributed by atoms with Crippen molar-refractivity contribution in [1.29, 1.82) is 0 Å². The quantitative estimate of drug-likeness (QED) is 0.764. The van der Waals surface area contributed by atoms with Crippen molar-refractivity contribution in [2.75, 3.05) is 18.4 Å². The van der Waals surface area contributed by atoms with Crippen molar-refractivity contribution >= 4 is 11.7 Å². The highest BCUT2D eigenvalue weighted by molar-refractivity contribution is 5.89. The fourth-order valence-corrected chi connectivity index (χ4v) is 3.24. The van der Waals surface area contributed by atoms with E-state index in [0.29, 0.717) is 30.4 Å². The van der Waals surface area contributed by atoms with E-state index in [-0.39, 0.29) is 11.9 Å². The van der Waals surface area contributed by atoms with Crippen LogP contribution in [-0.4, -0.2) is 44.1 Å². The Bertz CT molecular complexity index is 883. The summed E-state index contributed by atoms with van der Waals surface area (Å²) in [6.07, 6.45) is 7.42. The first-order valence-electron chi connectivity index (χ1n) is 8.98. The van der Waals surface area contributed by atoms with E-state index < -0.39 is 0 Å². The molecule has 1 saturated heterocycles. The van der Waals surface area contributed by atoms with Crippen LogP contribution in [0.15, 0.2) is 53.4 Å². The summed E-state index contributed by atoms with van der Waals surface area (Å²) in [5.41, 5.74) is 1.38. The van der Waals surface area contributed by atoms with Crippen LogP contribution in [0, 0.1) is 5.92 Å². The van der Waals surface area contributed by atoms with Gasteiger partial charge in [-0.15, -0.1) is 0 Å². The minimum absolute atomic E-state index is 0.0725. The standard InChI is InChI=1S/C19H20N6O2/c26-19(22-15-6-2-1-3-7-15)25-10-4-5-14(13-25)11-17-23-18(24-27-17)16-12-20-8-9-21-16/h1-3,6-9,12,14H,4-5,10-11,13H2,(H,22,26). The second-order valence-corrected chi connectivity index (χ2v) is 6.56. The monoisotopic (exact) mass is 364 g/mol. The van der Waals surface area contributed by atoms with Gasteiger partial charge in [-0.1, -0.05) is 23.4 Å². The van der Waals surface area contributed by atoms with Crippen molar-refractivity contribution in [3.8, 4) is 11.5 Å². The largest absolute Gasteiger partial charge is 0.339 e. The fourth-order valence-electron chi connectivity index (χ4n) is 3.24. The third kappa shape index (κ3) is 4.28. The van der Waals surface area contributed by atoms with Gasteiger partial charge in [0.15, 0.2) is 0 Å². The van der Waals surface area contributed by atoms with Crippen LogP contribution in [0.3, 0.4) is 0 Å². The van der Waals surface area contributed by atoms with E-state index in [1.807, 2.05) is 35.2 Å². The Hall–Kier alpha value is -3.29. The number of rotatable bonds is 4. The predicted octanol–water partition coefficient (Wildman–Crippen LogP) is 3.01. The lowest BCUT2D eigenvalue weighted by molar-refractivity contribution is 0.173. The summed E-state index contributed by atoms with van der Waals surface area (Å²) in [7, 11) is 0. The number of para-hydroxylation sites is 1. The normalized spacial score (nSPS) is 16.9. The van der Waals surface area contributed by atoms with Crippen LogP contribution in [-0.2, 0) is 6.42 Å². The average Bonchev–Trinajstić information content (AvgIpc) is 3.18. The van der Waals surface area contributed by atoms with Gasteiger partial charge >= 0.3 is 6.03 Å². The topological polar surface area (TPSA) is 97.0 Å². The minimum atomic E-state index is -0.0725. The second-order valence-electron chi connectivity index (χ2n) is 6.56. The molecule has 27 heavy (non-hydrogen) atoms. The van der Waals surface area contributed by atoms with Crippen LogP contribution in [0.4, 0.5) is 10.5 Å². The van der Waals surface area contributed by atoms with Gasteiger partial charge in [0.2, 0.25) is 11.7 Å². The molecule has 138 valence electrons. The van der Waals surface area contributed by atoms with E-state index in [9.17, 15) is 4.79 Å². The van der Waals surface area contributed by atoms with Crippen LogP contribution < -0.4 is 5.32 Å². The number of likely N-dealkylation sites (tertiary alicyclic amines) is 1. The molecule has 0 radical (unpaired) electrons. The maximum atomic E-state index is 12.5. The number of hydrogen-bond donors (Lipinski definition) is 1. The molecule has 8 heteroatoms. The molecule has 1 unspecified atom stereocenters. The van der Waals surface area contributed by atoms with E-state index >= 15 is 0 Å². The summed E-state index contributed by atoms with van der Waals surface area (Å²) in [4.78, 5) is 27.0. The highest BCUT2D eigenvalue weighted by atomic mass is 16.5. The van der Waals surface area contributed by atoms with E-state index in [2.05, 4.69) is 25.4 Å². The number of anilines is 1. The summed E-state index contributed by atoms with van der Waals surface area (Å²) in [5.74, 6) is 1.29. The van der Waals surface area contributed by atoms with E-state index in [0.717, 1.165) is 25.1 Å². The molecule has 0 bridgehead atoms. The van der Waals surface area contributed by atoms with Gasteiger partial charge in [-0.05, 0) is 30.9 Å². The lowest BCUT2D eigenvalue weighted by Gasteiger charge is -2.32. The maximum absolute atomic E-state index is 12.5. The average molecular weight is 364 g/mol. The molecule has 1 atom stereocenters.